The Labute approximate surface area is 222 Å². The summed E-state index contributed by atoms with van der Waals surface area (Å²) in [4.78, 5) is 0. The third kappa shape index (κ3) is 5.70. The van der Waals surface area contributed by atoms with Gasteiger partial charge >= 0.3 is 7.82 Å². The van der Waals surface area contributed by atoms with Crippen LogP contribution in [0.25, 0.3) is 32.3 Å². The van der Waals surface area contributed by atoms with Gasteiger partial charge in [-0.15, -0.1) is 0 Å². The largest absolute Gasteiger partial charge is 0.475 e. The lowest BCUT2D eigenvalue weighted by atomic mass is 10.1. The van der Waals surface area contributed by atoms with Crippen molar-refractivity contribution in [2.45, 2.75) is 19.8 Å². The first-order chi connectivity index (χ1) is 18.6. The number of hydrogen-bond donors (Lipinski definition) is 0. The van der Waals surface area contributed by atoms with Crippen molar-refractivity contribution >= 4 is 40.1 Å². The van der Waals surface area contributed by atoms with Crippen molar-refractivity contribution in [3.05, 3.63) is 144 Å². The highest BCUT2D eigenvalue weighted by Crippen LogP contribution is 2.51. The number of phosphoric ester groups is 1. The molecule has 0 atom stereocenters. The van der Waals surface area contributed by atoms with Crippen molar-refractivity contribution in [3.63, 3.8) is 0 Å². The third-order valence-electron chi connectivity index (χ3n) is 6.61. The lowest BCUT2D eigenvalue weighted by Crippen LogP contribution is -2.02. The minimum atomic E-state index is -3.90. The molecule has 188 valence electrons. The number of phosphoric acid groups is 1. The molecule has 0 fully saturated rings. The van der Waals surface area contributed by atoms with Gasteiger partial charge in [0.15, 0.2) is 0 Å². The Kier molecular flexibility index (Phi) is 7.04. The summed E-state index contributed by atoms with van der Waals surface area (Å²) in [6.45, 7) is 0.326. The van der Waals surface area contributed by atoms with E-state index < -0.39 is 7.82 Å². The van der Waals surface area contributed by atoms with E-state index in [-0.39, 0.29) is 19.8 Å². The van der Waals surface area contributed by atoms with E-state index in [0.29, 0.717) is 0 Å². The first-order valence-electron chi connectivity index (χ1n) is 12.6. The normalized spacial score (nSPS) is 11.9. The van der Waals surface area contributed by atoms with Gasteiger partial charge in [-0.05, 0) is 67.2 Å². The van der Waals surface area contributed by atoms with E-state index in [4.69, 9.17) is 13.6 Å². The summed E-state index contributed by atoms with van der Waals surface area (Å²) in [6, 6.07) is 42.4. The van der Waals surface area contributed by atoms with E-state index in [1.54, 1.807) is 0 Å². The molecule has 6 aromatic rings. The molecular weight excluding hydrogens is 491 g/mol. The third-order valence-corrected chi connectivity index (χ3v) is 7.95. The molecule has 0 saturated heterocycles. The van der Waals surface area contributed by atoms with Gasteiger partial charge in [-0.3, -0.25) is 13.6 Å². The second kappa shape index (κ2) is 10.9. The summed E-state index contributed by atoms with van der Waals surface area (Å²) in [5, 5.41) is 6.70. The van der Waals surface area contributed by atoms with Gasteiger partial charge < -0.3 is 0 Å². The number of fused-ring (bicyclic) bond motifs is 3. The molecule has 0 aliphatic carbocycles. The maximum absolute atomic E-state index is 13.9. The van der Waals surface area contributed by atoms with Gasteiger partial charge in [0, 0.05) is 0 Å². The second-order valence-corrected chi connectivity index (χ2v) is 11.0. The van der Waals surface area contributed by atoms with E-state index >= 15 is 0 Å². The van der Waals surface area contributed by atoms with Gasteiger partial charge in [0.05, 0.1) is 19.8 Å². The molecule has 0 amide bonds. The summed E-state index contributed by atoms with van der Waals surface area (Å²) in [7, 11) is -3.90. The Balaban J connectivity index is 1.21. The van der Waals surface area contributed by atoms with Crippen LogP contribution in [-0.2, 0) is 38.0 Å². The summed E-state index contributed by atoms with van der Waals surface area (Å²) in [6.07, 6.45) is 0. The highest BCUT2D eigenvalue weighted by Gasteiger charge is 2.27. The van der Waals surface area contributed by atoms with Gasteiger partial charge in [-0.2, -0.15) is 0 Å². The fraction of sp³-hybridized carbons (Fsp3) is 0.0909. The molecule has 0 heterocycles. The lowest BCUT2D eigenvalue weighted by molar-refractivity contribution is 0.0979. The van der Waals surface area contributed by atoms with Crippen LogP contribution < -0.4 is 0 Å². The van der Waals surface area contributed by atoms with Crippen molar-refractivity contribution in [1.82, 2.24) is 0 Å². The molecule has 0 aliphatic rings. The van der Waals surface area contributed by atoms with Crippen LogP contribution in [0.15, 0.2) is 127 Å². The van der Waals surface area contributed by atoms with Gasteiger partial charge in [0.25, 0.3) is 0 Å². The fourth-order valence-corrected chi connectivity index (χ4v) is 5.70. The fourth-order valence-electron chi connectivity index (χ4n) is 4.56. The van der Waals surface area contributed by atoms with E-state index in [1.165, 1.54) is 0 Å². The SMILES string of the molecule is O=P(OCc1ccc2ccccc2c1)(OCc1ccc2ccccc2c1)OCc1ccc2ccccc2c1. The molecule has 0 saturated carbocycles. The number of rotatable bonds is 9. The zero-order valence-corrected chi connectivity index (χ0v) is 21.7. The molecule has 5 heteroatoms. The van der Waals surface area contributed by atoms with Crippen LogP contribution in [0, 0.1) is 0 Å². The van der Waals surface area contributed by atoms with Crippen LogP contribution >= 0.6 is 7.82 Å². The van der Waals surface area contributed by atoms with Crippen LogP contribution in [0.1, 0.15) is 16.7 Å². The van der Waals surface area contributed by atoms with Gasteiger partial charge in [-0.1, -0.05) is 109 Å². The Bertz CT molecular complexity index is 1570. The molecule has 6 aromatic carbocycles. The molecule has 0 spiro atoms. The minimum absolute atomic E-state index is 0.109. The molecular formula is C33H27O4P. The maximum Gasteiger partial charge on any atom is 0.475 e. The highest BCUT2D eigenvalue weighted by atomic mass is 31.2. The highest BCUT2D eigenvalue weighted by molar-refractivity contribution is 7.48. The Morgan fingerprint density at radius 1 is 0.395 bits per heavy atom. The molecule has 0 N–H and O–H groups in total. The standard InChI is InChI=1S/C33H27O4P/c34-38(35-22-25-13-16-28-7-1-4-10-31(28)19-25,36-23-26-14-17-29-8-2-5-11-32(29)20-26)37-24-27-15-18-30-9-3-6-12-33(30)21-27/h1-21H,22-24H2. The lowest BCUT2D eigenvalue weighted by Gasteiger charge is -2.19. The minimum Gasteiger partial charge on any atom is -0.282 e. The Hall–Kier alpha value is -3.79. The predicted molar refractivity (Wildman–Crippen MR) is 154 cm³/mol. The van der Waals surface area contributed by atoms with Crippen LogP contribution in [0.3, 0.4) is 0 Å². The number of benzene rings is 6. The van der Waals surface area contributed by atoms with Crippen molar-refractivity contribution in [2.24, 2.45) is 0 Å². The van der Waals surface area contributed by atoms with Crippen LogP contribution in [-0.4, -0.2) is 0 Å². The zero-order chi connectivity index (χ0) is 25.8. The predicted octanol–water partition coefficient (Wildman–Crippen LogP) is 9.20. The molecule has 0 aromatic heterocycles. The Morgan fingerprint density at radius 3 is 1.00 bits per heavy atom. The van der Waals surface area contributed by atoms with Crippen LogP contribution in [0.4, 0.5) is 0 Å². The summed E-state index contributed by atoms with van der Waals surface area (Å²) in [5.74, 6) is 0. The average Bonchev–Trinajstić information content (AvgIpc) is 2.98. The molecule has 38 heavy (non-hydrogen) atoms. The van der Waals surface area contributed by atoms with Crippen LogP contribution in [0.2, 0.25) is 0 Å². The molecule has 0 radical (unpaired) electrons. The topological polar surface area (TPSA) is 44.8 Å². The summed E-state index contributed by atoms with van der Waals surface area (Å²) >= 11 is 0. The van der Waals surface area contributed by atoms with Gasteiger partial charge in [0.1, 0.15) is 0 Å². The molecule has 0 bridgehead atoms. The van der Waals surface area contributed by atoms with Crippen molar-refractivity contribution in [2.75, 3.05) is 0 Å². The first kappa shape index (κ1) is 24.5. The summed E-state index contributed by atoms with van der Waals surface area (Å²) < 4.78 is 31.5. The van der Waals surface area contributed by atoms with Crippen molar-refractivity contribution in [3.8, 4) is 0 Å². The number of hydrogen-bond acceptors (Lipinski definition) is 4. The summed E-state index contributed by atoms with van der Waals surface area (Å²) in [5.41, 5.74) is 2.69. The Morgan fingerprint density at radius 2 is 0.684 bits per heavy atom. The van der Waals surface area contributed by atoms with E-state index in [0.717, 1.165) is 49.0 Å². The van der Waals surface area contributed by atoms with Gasteiger partial charge in [0.2, 0.25) is 0 Å². The smallest absolute Gasteiger partial charge is 0.282 e. The van der Waals surface area contributed by atoms with Crippen molar-refractivity contribution < 1.29 is 18.1 Å². The molecule has 4 nitrogen and oxygen atoms in total. The van der Waals surface area contributed by atoms with E-state index in [9.17, 15) is 4.57 Å². The van der Waals surface area contributed by atoms with Gasteiger partial charge in [-0.25, -0.2) is 4.57 Å². The van der Waals surface area contributed by atoms with Crippen LogP contribution in [0.5, 0.6) is 0 Å². The first-order valence-corrected chi connectivity index (χ1v) is 14.1. The van der Waals surface area contributed by atoms with Crippen molar-refractivity contribution in [1.29, 1.82) is 0 Å². The zero-order valence-electron chi connectivity index (χ0n) is 20.8. The van der Waals surface area contributed by atoms with E-state index in [1.807, 2.05) is 109 Å². The quantitative estimate of drug-likeness (QED) is 0.179. The molecule has 6 rings (SSSR count). The molecule has 0 aliphatic heterocycles. The molecule has 0 unspecified atom stereocenters. The second-order valence-electron chi connectivity index (χ2n) is 9.31. The average molecular weight is 519 g/mol. The monoisotopic (exact) mass is 518 g/mol. The van der Waals surface area contributed by atoms with E-state index in [2.05, 4.69) is 18.2 Å². The maximum atomic E-state index is 13.9.